The summed E-state index contributed by atoms with van der Waals surface area (Å²) < 4.78 is 65.3. The van der Waals surface area contributed by atoms with Gasteiger partial charge >= 0.3 is 6.36 Å². The zero-order valence-electron chi connectivity index (χ0n) is 13.7. The lowest BCUT2D eigenvalue weighted by Crippen LogP contribution is -2.21. The Morgan fingerprint density at radius 3 is 2.31 bits per heavy atom. The molecule has 0 saturated heterocycles. The number of amides is 1. The third kappa shape index (κ3) is 5.76. The average molecular weight is 387 g/mol. The molecule has 1 amide bonds. The fourth-order valence-corrected chi connectivity index (χ4v) is 3.33. The van der Waals surface area contributed by atoms with Crippen LogP contribution in [0.5, 0.6) is 5.75 Å². The predicted molar refractivity (Wildman–Crippen MR) is 89.6 cm³/mol. The van der Waals surface area contributed by atoms with Crippen molar-refractivity contribution >= 4 is 21.4 Å². The van der Waals surface area contributed by atoms with Crippen LogP contribution in [0, 0.1) is 6.92 Å². The second kappa shape index (κ2) is 7.77. The molecule has 0 heterocycles. The van der Waals surface area contributed by atoms with Crippen LogP contribution in [0.2, 0.25) is 0 Å². The smallest absolute Gasteiger partial charge is 0.404 e. The zero-order chi connectivity index (χ0) is 19.4. The SMILES string of the molecule is Cc1ccc(S(=O)(=O)CCC(=O)Nc2ccccc2OC(F)(F)F)cc1. The number of ether oxygens (including phenoxy) is 1. The Bertz CT molecular complexity index is 878. The van der Waals surface area contributed by atoms with Gasteiger partial charge in [0.25, 0.3) is 0 Å². The van der Waals surface area contributed by atoms with E-state index in [1.807, 2.05) is 6.92 Å². The Hall–Kier alpha value is -2.55. The first-order valence-corrected chi connectivity index (χ1v) is 9.16. The summed E-state index contributed by atoms with van der Waals surface area (Å²) in [4.78, 5) is 12.0. The van der Waals surface area contributed by atoms with Crippen molar-refractivity contribution in [1.29, 1.82) is 0 Å². The fraction of sp³-hybridized carbons (Fsp3) is 0.235. The summed E-state index contributed by atoms with van der Waals surface area (Å²) in [7, 11) is -3.68. The lowest BCUT2D eigenvalue weighted by molar-refractivity contribution is -0.274. The summed E-state index contributed by atoms with van der Waals surface area (Å²) in [5.41, 5.74) is 0.700. The van der Waals surface area contributed by atoms with Gasteiger partial charge in [0.2, 0.25) is 5.91 Å². The molecule has 0 atom stereocenters. The summed E-state index contributed by atoms with van der Waals surface area (Å²) in [5, 5.41) is 2.24. The Balaban J connectivity index is 2.02. The number of halogens is 3. The Morgan fingerprint density at radius 2 is 1.69 bits per heavy atom. The van der Waals surface area contributed by atoms with Crippen LogP contribution in [0.4, 0.5) is 18.9 Å². The van der Waals surface area contributed by atoms with Crippen LogP contribution in [-0.2, 0) is 14.6 Å². The van der Waals surface area contributed by atoms with Crippen molar-refractivity contribution in [3.63, 3.8) is 0 Å². The number of aryl methyl sites for hydroxylation is 1. The molecule has 0 spiro atoms. The van der Waals surface area contributed by atoms with Crippen LogP contribution in [-0.4, -0.2) is 26.4 Å². The van der Waals surface area contributed by atoms with Crippen molar-refractivity contribution < 1.29 is 31.1 Å². The first-order valence-electron chi connectivity index (χ1n) is 7.51. The van der Waals surface area contributed by atoms with Gasteiger partial charge in [-0.3, -0.25) is 4.79 Å². The average Bonchev–Trinajstić information content (AvgIpc) is 2.54. The van der Waals surface area contributed by atoms with Crippen LogP contribution in [0.1, 0.15) is 12.0 Å². The number of anilines is 1. The minimum Gasteiger partial charge on any atom is -0.404 e. The van der Waals surface area contributed by atoms with Crippen LogP contribution < -0.4 is 10.1 Å². The van der Waals surface area contributed by atoms with Crippen molar-refractivity contribution in [1.82, 2.24) is 0 Å². The molecule has 0 radical (unpaired) electrons. The van der Waals surface area contributed by atoms with E-state index in [4.69, 9.17) is 0 Å². The number of hydrogen-bond acceptors (Lipinski definition) is 4. The molecule has 0 aromatic heterocycles. The lowest BCUT2D eigenvalue weighted by Gasteiger charge is -2.13. The van der Waals surface area contributed by atoms with Gasteiger partial charge in [-0.25, -0.2) is 8.42 Å². The predicted octanol–water partition coefficient (Wildman–Crippen LogP) is 3.70. The lowest BCUT2D eigenvalue weighted by atomic mass is 10.2. The molecule has 0 aliphatic heterocycles. The topological polar surface area (TPSA) is 72.5 Å². The highest BCUT2D eigenvalue weighted by molar-refractivity contribution is 7.91. The van der Waals surface area contributed by atoms with E-state index >= 15 is 0 Å². The Morgan fingerprint density at radius 1 is 1.08 bits per heavy atom. The molecule has 0 bridgehead atoms. The van der Waals surface area contributed by atoms with Gasteiger partial charge in [0.1, 0.15) is 0 Å². The molecule has 9 heteroatoms. The molecule has 1 N–H and O–H groups in total. The molecule has 2 aromatic rings. The van der Waals surface area contributed by atoms with E-state index in [1.54, 1.807) is 12.1 Å². The minimum absolute atomic E-state index is 0.0803. The van der Waals surface area contributed by atoms with Crippen LogP contribution in [0.25, 0.3) is 0 Å². The number of benzene rings is 2. The molecule has 0 unspecified atom stereocenters. The van der Waals surface area contributed by atoms with Gasteiger partial charge in [0.15, 0.2) is 15.6 Å². The number of sulfone groups is 1. The van der Waals surface area contributed by atoms with Crippen molar-refractivity contribution in [2.45, 2.75) is 24.6 Å². The number of para-hydroxylation sites is 2. The van der Waals surface area contributed by atoms with Crippen LogP contribution in [0.15, 0.2) is 53.4 Å². The number of carbonyl (C=O) groups is 1. The quantitative estimate of drug-likeness (QED) is 0.820. The van der Waals surface area contributed by atoms with Gasteiger partial charge in [0, 0.05) is 6.42 Å². The van der Waals surface area contributed by atoms with Crippen LogP contribution >= 0.6 is 0 Å². The van der Waals surface area contributed by atoms with E-state index in [1.165, 1.54) is 30.3 Å². The van der Waals surface area contributed by atoms with E-state index in [2.05, 4.69) is 10.1 Å². The van der Waals surface area contributed by atoms with Crippen molar-refractivity contribution in [3.8, 4) is 5.75 Å². The molecule has 0 aliphatic carbocycles. The molecular weight excluding hydrogens is 371 g/mol. The summed E-state index contributed by atoms with van der Waals surface area (Å²) in [6, 6.07) is 11.2. The molecular formula is C17H16F3NO4S. The number of rotatable bonds is 6. The fourth-order valence-electron chi connectivity index (χ4n) is 2.09. The summed E-state index contributed by atoms with van der Waals surface area (Å²) >= 11 is 0. The first-order chi connectivity index (χ1) is 12.1. The minimum atomic E-state index is -4.91. The van der Waals surface area contributed by atoms with Gasteiger partial charge in [0.05, 0.1) is 16.3 Å². The third-order valence-electron chi connectivity index (χ3n) is 3.36. The van der Waals surface area contributed by atoms with Crippen molar-refractivity contribution in [3.05, 3.63) is 54.1 Å². The molecule has 140 valence electrons. The molecule has 0 aliphatic rings. The molecule has 26 heavy (non-hydrogen) atoms. The summed E-state index contributed by atoms with van der Waals surface area (Å²) in [6.07, 6.45) is -5.31. The van der Waals surface area contributed by atoms with E-state index in [0.717, 1.165) is 11.6 Å². The molecule has 5 nitrogen and oxygen atoms in total. The number of nitrogens with one attached hydrogen (secondary N) is 1. The Kier molecular flexibility index (Phi) is 5.91. The van der Waals surface area contributed by atoms with Gasteiger partial charge < -0.3 is 10.1 Å². The van der Waals surface area contributed by atoms with Gasteiger partial charge in [-0.05, 0) is 31.2 Å². The van der Waals surface area contributed by atoms with E-state index < -0.39 is 40.0 Å². The number of carbonyl (C=O) groups excluding carboxylic acids is 1. The van der Waals surface area contributed by atoms with Crippen molar-refractivity contribution in [2.75, 3.05) is 11.1 Å². The van der Waals surface area contributed by atoms with E-state index in [0.29, 0.717) is 0 Å². The second-order valence-electron chi connectivity index (χ2n) is 5.47. The Labute approximate surface area is 148 Å². The highest BCUT2D eigenvalue weighted by Crippen LogP contribution is 2.30. The van der Waals surface area contributed by atoms with E-state index in [-0.39, 0.29) is 10.6 Å². The first kappa shape index (κ1) is 19.8. The standard InChI is InChI=1S/C17H16F3NO4S/c1-12-6-8-13(9-7-12)26(23,24)11-10-16(22)21-14-4-2-3-5-15(14)25-17(18,19)20/h2-9H,10-11H2,1H3,(H,21,22). The zero-order valence-corrected chi connectivity index (χ0v) is 14.5. The van der Waals surface area contributed by atoms with Gasteiger partial charge in [-0.15, -0.1) is 13.2 Å². The molecule has 0 fully saturated rings. The van der Waals surface area contributed by atoms with Gasteiger partial charge in [-0.1, -0.05) is 29.8 Å². The third-order valence-corrected chi connectivity index (χ3v) is 5.10. The summed E-state index contributed by atoms with van der Waals surface area (Å²) in [6.45, 7) is 1.81. The highest BCUT2D eigenvalue weighted by Gasteiger charge is 2.32. The number of hydrogen-bond donors (Lipinski definition) is 1. The monoisotopic (exact) mass is 387 g/mol. The molecule has 2 rings (SSSR count). The number of alkyl halides is 3. The van der Waals surface area contributed by atoms with Gasteiger partial charge in [-0.2, -0.15) is 0 Å². The molecule has 0 saturated carbocycles. The maximum absolute atomic E-state index is 12.4. The van der Waals surface area contributed by atoms with Crippen molar-refractivity contribution in [2.24, 2.45) is 0 Å². The summed E-state index contributed by atoms with van der Waals surface area (Å²) in [5.74, 6) is -1.78. The highest BCUT2D eigenvalue weighted by atomic mass is 32.2. The largest absolute Gasteiger partial charge is 0.573 e. The normalized spacial score (nSPS) is 11.8. The molecule has 2 aromatic carbocycles. The van der Waals surface area contributed by atoms with E-state index in [9.17, 15) is 26.4 Å². The van der Waals surface area contributed by atoms with Crippen LogP contribution in [0.3, 0.4) is 0 Å². The maximum Gasteiger partial charge on any atom is 0.573 e. The maximum atomic E-state index is 12.4. The second-order valence-corrected chi connectivity index (χ2v) is 7.58.